The summed E-state index contributed by atoms with van der Waals surface area (Å²) >= 11 is 0. The Morgan fingerprint density at radius 1 is 0.958 bits per heavy atom. The third-order valence-corrected chi connectivity index (χ3v) is 4.39. The molecule has 1 aliphatic rings. The fourth-order valence-corrected chi connectivity index (χ4v) is 3.17. The lowest BCUT2D eigenvalue weighted by Crippen LogP contribution is -2.38. The summed E-state index contributed by atoms with van der Waals surface area (Å²) in [6.07, 6.45) is 3.23. The molecule has 3 nitrogen and oxygen atoms in total. The Morgan fingerprint density at radius 3 is 2.17 bits per heavy atom. The first-order valence-corrected chi connectivity index (χ1v) is 8.42. The lowest BCUT2D eigenvalue weighted by Gasteiger charge is -2.21. The summed E-state index contributed by atoms with van der Waals surface area (Å²) in [6.45, 7) is 2.60. The maximum absolute atomic E-state index is 12.4. The number of hydrogen-bond acceptors (Lipinski definition) is 2. The van der Waals surface area contributed by atoms with E-state index in [4.69, 9.17) is 0 Å². The number of benzene rings is 2. The highest BCUT2D eigenvalue weighted by molar-refractivity contribution is 5.85. The number of rotatable bonds is 6. The van der Waals surface area contributed by atoms with Gasteiger partial charge >= 0.3 is 0 Å². The number of nitrogens with one attached hydrogen (secondary N) is 1. The fraction of sp³-hybridized carbons (Fsp3) is 0.350. The zero-order valence-electron chi connectivity index (χ0n) is 13.9. The largest absolute Gasteiger partial charge is 0.348 e. The predicted molar refractivity (Wildman–Crippen MR) is 100 cm³/mol. The summed E-state index contributed by atoms with van der Waals surface area (Å²) in [7, 11) is 0. The topological polar surface area (TPSA) is 32.3 Å². The molecule has 0 bridgehead atoms. The molecule has 1 N–H and O–H groups in total. The lowest BCUT2D eigenvalue weighted by atomic mass is 9.99. The van der Waals surface area contributed by atoms with Crippen LogP contribution in [0.25, 0.3) is 0 Å². The molecule has 0 aromatic heterocycles. The molecule has 0 spiro atoms. The summed E-state index contributed by atoms with van der Waals surface area (Å²) in [5, 5.41) is 3.23. The van der Waals surface area contributed by atoms with Crippen LogP contribution in [0.15, 0.2) is 60.7 Å². The van der Waals surface area contributed by atoms with E-state index < -0.39 is 0 Å². The Hall–Kier alpha value is -1.84. The van der Waals surface area contributed by atoms with Crippen molar-refractivity contribution in [2.24, 2.45) is 0 Å². The molecule has 24 heavy (non-hydrogen) atoms. The number of hydrogen-bond donors (Lipinski definition) is 1. The molecular weight excluding hydrogens is 320 g/mol. The van der Waals surface area contributed by atoms with Gasteiger partial charge in [-0.2, -0.15) is 0 Å². The van der Waals surface area contributed by atoms with Crippen molar-refractivity contribution in [1.29, 1.82) is 0 Å². The molecule has 1 unspecified atom stereocenters. The second kappa shape index (κ2) is 9.45. The van der Waals surface area contributed by atoms with Gasteiger partial charge in [-0.3, -0.25) is 9.69 Å². The van der Waals surface area contributed by atoms with Crippen molar-refractivity contribution in [2.45, 2.75) is 25.3 Å². The van der Waals surface area contributed by atoms with Gasteiger partial charge in [0.25, 0.3) is 0 Å². The van der Waals surface area contributed by atoms with Gasteiger partial charge in [-0.25, -0.2) is 0 Å². The highest BCUT2D eigenvalue weighted by Crippen LogP contribution is 2.18. The van der Waals surface area contributed by atoms with Gasteiger partial charge < -0.3 is 5.32 Å². The first-order valence-electron chi connectivity index (χ1n) is 8.42. The molecule has 1 saturated heterocycles. The number of likely N-dealkylation sites (tertiary alicyclic amines) is 1. The highest BCUT2D eigenvalue weighted by atomic mass is 35.5. The molecule has 1 atom stereocenters. The van der Waals surface area contributed by atoms with Crippen molar-refractivity contribution >= 4 is 18.3 Å². The zero-order chi connectivity index (χ0) is 15.9. The molecule has 4 heteroatoms. The van der Waals surface area contributed by atoms with Gasteiger partial charge in [0.2, 0.25) is 5.91 Å². The quantitative estimate of drug-likeness (QED) is 0.868. The summed E-state index contributed by atoms with van der Waals surface area (Å²) in [4.78, 5) is 14.7. The molecule has 1 amide bonds. The van der Waals surface area contributed by atoms with Crippen LogP contribution in [-0.2, 0) is 11.2 Å². The monoisotopic (exact) mass is 344 g/mol. The van der Waals surface area contributed by atoms with Crippen molar-refractivity contribution in [3.05, 3.63) is 71.8 Å². The van der Waals surface area contributed by atoms with Gasteiger partial charge in [0.05, 0.1) is 12.6 Å². The minimum Gasteiger partial charge on any atom is -0.348 e. The smallest absolute Gasteiger partial charge is 0.234 e. The average Bonchev–Trinajstić information content (AvgIpc) is 3.09. The third-order valence-electron chi connectivity index (χ3n) is 4.39. The lowest BCUT2D eigenvalue weighted by molar-refractivity contribution is -0.122. The van der Waals surface area contributed by atoms with E-state index in [0.717, 1.165) is 25.1 Å². The summed E-state index contributed by atoms with van der Waals surface area (Å²) in [5.41, 5.74) is 2.40. The van der Waals surface area contributed by atoms with Crippen LogP contribution < -0.4 is 5.32 Å². The Morgan fingerprint density at radius 2 is 1.54 bits per heavy atom. The van der Waals surface area contributed by atoms with Crippen molar-refractivity contribution in [3.8, 4) is 0 Å². The Kier molecular flexibility index (Phi) is 7.29. The van der Waals surface area contributed by atoms with Crippen molar-refractivity contribution < 1.29 is 4.79 Å². The normalized spacial score (nSPS) is 15.5. The number of amides is 1. The predicted octanol–water partition coefficient (Wildman–Crippen LogP) is 3.60. The van der Waals surface area contributed by atoms with E-state index in [0.29, 0.717) is 6.54 Å². The summed E-state index contributed by atoms with van der Waals surface area (Å²) < 4.78 is 0. The van der Waals surface area contributed by atoms with Crippen LogP contribution in [-0.4, -0.2) is 30.4 Å². The van der Waals surface area contributed by atoms with E-state index in [1.165, 1.54) is 18.4 Å². The summed E-state index contributed by atoms with van der Waals surface area (Å²) in [5.74, 6) is 0.122. The molecule has 0 saturated carbocycles. The minimum atomic E-state index is 0. The SMILES string of the molecule is Cl.O=C(CN1CCCC1)NC(Cc1ccccc1)c1ccccc1. The molecule has 0 radical (unpaired) electrons. The van der Waals surface area contributed by atoms with Crippen LogP contribution in [0.5, 0.6) is 0 Å². The van der Waals surface area contributed by atoms with Crippen LogP contribution in [0.1, 0.15) is 30.0 Å². The van der Waals surface area contributed by atoms with Crippen molar-refractivity contribution in [2.75, 3.05) is 19.6 Å². The molecule has 0 aliphatic carbocycles. The molecule has 3 rings (SSSR count). The van der Waals surface area contributed by atoms with Crippen LogP contribution >= 0.6 is 12.4 Å². The molecule has 1 fully saturated rings. The van der Waals surface area contributed by atoms with Crippen LogP contribution in [0.2, 0.25) is 0 Å². The first-order chi connectivity index (χ1) is 11.3. The Bertz CT molecular complexity index is 612. The Balaban J connectivity index is 0.00000208. The van der Waals surface area contributed by atoms with Crippen LogP contribution in [0.4, 0.5) is 0 Å². The van der Waals surface area contributed by atoms with E-state index >= 15 is 0 Å². The van der Waals surface area contributed by atoms with Gasteiger partial charge in [-0.05, 0) is 43.5 Å². The standard InChI is InChI=1S/C20H24N2O.ClH/c23-20(16-22-13-7-8-14-22)21-19(18-11-5-2-6-12-18)15-17-9-3-1-4-10-17;/h1-6,9-12,19H,7-8,13-16H2,(H,21,23);1H. The van der Waals surface area contributed by atoms with Gasteiger partial charge in [0.1, 0.15) is 0 Å². The highest BCUT2D eigenvalue weighted by Gasteiger charge is 2.19. The molecule has 2 aromatic rings. The van der Waals surface area contributed by atoms with Gasteiger partial charge in [0.15, 0.2) is 0 Å². The van der Waals surface area contributed by atoms with Crippen molar-refractivity contribution in [1.82, 2.24) is 10.2 Å². The van der Waals surface area contributed by atoms with E-state index in [1.807, 2.05) is 36.4 Å². The maximum Gasteiger partial charge on any atom is 0.234 e. The van der Waals surface area contributed by atoms with E-state index in [2.05, 4.69) is 34.5 Å². The number of carbonyl (C=O) groups is 1. The second-order valence-electron chi connectivity index (χ2n) is 6.20. The fourth-order valence-electron chi connectivity index (χ4n) is 3.17. The summed E-state index contributed by atoms with van der Waals surface area (Å²) in [6, 6.07) is 20.6. The number of halogens is 1. The van der Waals surface area contributed by atoms with E-state index in [-0.39, 0.29) is 24.4 Å². The molecule has 128 valence electrons. The van der Waals surface area contributed by atoms with E-state index in [1.54, 1.807) is 0 Å². The van der Waals surface area contributed by atoms with E-state index in [9.17, 15) is 4.79 Å². The zero-order valence-corrected chi connectivity index (χ0v) is 14.7. The molecule has 1 heterocycles. The van der Waals surface area contributed by atoms with Crippen LogP contribution in [0, 0.1) is 0 Å². The van der Waals surface area contributed by atoms with Crippen LogP contribution in [0.3, 0.4) is 0 Å². The first kappa shape index (κ1) is 18.5. The maximum atomic E-state index is 12.4. The Labute approximate surface area is 150 Å². The second-order valence-corrected chi connectivity index (χ2v) is 6.20. The third kappa shape index (κ3) is 5.36. The molecule has 1 aliphatic heterocycles. The number of carbonyl (C=O) groups excluding carboxylic acids is 1. The number of nitrogens with zero attached hydrogens (tertiary/aromatic N) is 1. The van der Waals surface area contributed by atoms with Crippen molar-refractivity contribution in [3.63, 3.8) is 0 Å². The molecule has 2 aromatic carbocycles. The minimum absolute atomic E-state index is 0. The average molecular weight is 345 g/mol. The van der Waals surface area contributed by atoms with Gasteiger partial charge in [0, 0.05) is 0 Å². The molecular formula is C20H25ClN2O. The van der Waals surface area contributed by atoms with Gasteiger partial charge in [-0.15, -0.1) is 12.4 Å². The van der Waals surface area contributed by atoms with Gasteiger partial charge in [-0.1, -0.05) is 60.7 Å².